The van der Waals surface area contributed by atoms with E-state index in [0.29, 0.717) is 31.6 Å². The summed E-state index contributed by atoms with van der Waals surface area (Å²) < 4.78 is 5.30. The van der Waals surface area contributed by atoms with Crippen LogP contribution in [0.15, 0.2) is 79.0 Å². The Morgan fingerprint density at radius 2 is 1.59 bits per heavy atom. The third kappa shape index (κ3) is 7.29. The molecule has 0 aliphatic heterocycles. The summed E-state index contributed by atoms with van der Waals surface area (Å²) in [6.45, 7) is 7.78. The molecule has 1 heterocycles. The summed E-state index contributed by atoms with van der Waals surface area (Å²) in [5, 5.41) is 1.17. The van der Waals surface area contributed by atoms with Gasteiger partial charge in [0, 0.05) is 42.3 Å². The van der Waals surface area contributed by atoms with Crippen LogP contribution in [0.1, 0.15) is 47.8 Å². The van der Waals surface area contributed by atoms with Crippen LogP contribution in [0.2, 0.25) is 0 Å². The first-order chi connectivity index (χ1) is 18.9. The number of aromatic amines is 1. The number of ether oxygens (including phenoxy) is 1. The Morgan fingerprint density at radius 3 is 2.26 bits per heavy atom. The molecule has 204 valence electrons. The van der Waals surface area contributed by atoms with E-state index in [9.17, 15) is 9.59 Å². The van der Waals surface area contributed by atoms with Crippen molar-refractivity contribution in [2.45, 2.75) is 40.2 Å². The SMILES string of the molecule is CCc1ccc(C(=O)N(CC(=O)N(CCc2c[nH]c3ccccc23)Cc2ccc(OC)cc2)CC(C)C)cc1. The normalized spacial score (nSPS) is 11.1. The molecule has 0 saturated carbocycles. The minimum absolute atomic E-state index is 0.0383. The Hall–Kier alpha value is -4.06. The molecule has 4 rings (SSSR count). The lowest BCUT2D eigenvalue weighted by atomic mass is 10.1. The molecule has 0 radical (unpaired) electrons. The van der Waals surface area contributed by atoms with Gasteiger partial charge in [-0.25, -0.2) is 0 Å². The number of carbonyl (C=O) groups is 2. The van der Waals surface area contributed by atoms with E-state index in [-0.39, 0.29) is 24.3 Å². The van der Waals surface area contributed by atoms with Gasteiger partial charge in [-0.05, 0) is 65.8 Å². The Kier molecular flexibility index (Phi) is 9.42. The van der Waals surface area contributed by atoms with E-state index < -0.39 is 0 Å². The highest BCUT2D eigenvalue weighted by atomic mass is 16.5. The van der Waals surface area contributed by atoms with E-state index in [2.05, 4.69) is 37.9 Å². The molecule has 6 nitrogen and oxygen atoms in total. The fourth-order valence-corrected chi connectivity index (χ4v) is 4.83. The molecule has 0 bridgehead atoms. The monoisotopic (exact) mass is 525 g/mol. The number of hydrogen-bond donors (Lipinski definition) is 1. The second-order valence-corrected chi connectivity index (χ2v) is 10.4. The van der Waals surface area contributed by atoms with E-state index in [1.807, 2.05) is 71.8 Å². The van der Waals surface area contributed by atoms with Gasteiger partial charge in [-0.2, -0.15) is 0 Å². The number of carbonyl (C=O) groups excluding carboxylic acids is 2. The highest BCUT2D eigenvalue weighted by Crippen LogP contribution is 2.20. The molecule has 39 heavy (non-hydrogen) atoms. The van der Waals surface area contributed by atoms with Crippen molar-refractivity contribution >= 4 is 22.7 Å². The Morgan fingerprint density at radius 1 is 0.897 bits per heavy atom. The molecule has 0 spiro atoms. The first-order valence-electron chi connectivity index (χ1n) is 13.7. The van der Waals surface area contributed by atoms with Crippen LogP contribution in [-0.4, -0.2) is 53.3 Å². The van der Waals surface area contributed by atoms with Crippen LogP contribution < -0.4 is 4.74 Å². The molecule has 0 saturated heterocycles. The highest BCUT2D eigenvalue weighted by molar-refractivity contribution is 5.96. The summed E-state index contributed by atoms with van der Waals surface area (Å²) in [5.74, 6) is 0.835. The lowest BCUT2D eigenvalue weighted by Crippen LogP contribution is -2.44. The lowest BCUT2D eigenvalue weighted by molar-refractivity contribution is -0.132. The van der Waals surface area contributed by atoms with Crippen LogP contribution in [0.25, 0.3) is 10.9 Å². The molecular formula is C33H39N3O3. The summed E-state index contributed by atoms with van der Waals surface area (Å²) in [5.41, 5.74) is 5.06. The van der Waals surface area contributed by atoms with Crippen LogP contribution in [0, 0.1) is 5.92 Å². The van der Waals surface area contributed by atoms with Crippen LogP contribution in [0.5, 0.6) is 5.75 Å². The van der Waals surface area contributed by atoms with Gasteiger partial charge in [-0.3, -0.25) is 9.59 Å². The van der Waals surface area contributed by atoms with Gasteiger partial charge in [0.25, 0.3) is 5.91 Å². The Balaban J connectivity index is 1.55. The third-order valence-electron chi connectivity index (χ3n) is 7.02. The van der Waals surface area contributed by atoms with Crippen molar-refractivity contribution in [3.63, 3.8) is 0 Å². The van der Waals surface area contributed by atoms with E-state index in [0.717, 1.165) is 23.3 Å². The number of hydrogen-bond acceptors (Lipinski definition) is 3. The molecule has 4 aromatic rings. The van der Waals surface area contributed by atoms with Gasteiger partial charge in [-0.15, -0.1) is 0 Å². The molecule has 3 aromatic carbocycles. The van der Waals surface area contributed by atoms with Crippen molar-refractivity contribution in [2.24, 2.45) is 5.92 Å². The summed E-state index contributed by atoms with van der Waals surface area (Å²) in [7, 11) is 1.64. The largest absolute Gasteiger partial charge is 0.497 e. The van der Waals surface area contributed by atoms with E-state index >= 15 is 0 Å². The summed E-state index contributed by atoms with van der Waals surface area (Å²) in [6.07, 6.45) is 3.65. The number of aryl methyl sites for hydroxylation is 1. The summed E-state index contributed by atoms with van der Waals surface area (Å²) >= 11 is 0. The van der Waals surface area contributed by atoms with Gasteiger partial charge in [0.1, 0.15) is 12.3 Å². The zero-order valence-electron chi connectivity index (χ0n) is 23.4. The van der Waals surface area contributed by atoms with Crippen LogP contribution >= 0.6 is 0 Å². The van der Waals surface area contributed by atoms with Crippen molar-refractivity contribution in [1.82, 2.24) is 14.8 Å². The predicted octanol–water partition coefficient (Wildman–Crippen LogP) is 6.11. The zero-order chi connectivity index (χ0) is 27.8. The molecule has 0 unspecified atom stereocenters. The molecule has 0 fully saturated rings. The molecule has 1 aromatic heterocycles. The molecule has 1 N–H and O–H groups in total. The quantitative estimate of drug-likeness (QED) is 0.243. The Bertz CT molecular complexity index is 1370. The smallest absolute Gasteiger partial charge is 0.254 e. The maximum absolute atomic E-state index is 13.8. The Labute approximate surface area is 231 Å². The average Bonchev–Trinajstić information content (AvgIpc) is 3.37. The minimum Gasteiger partial charge on any atom is -0.497 e. The fourth-order valence-electron chi connectivity index (χ4n) is 4.83. The minimum atomic E-state index is -0.110. The molecule has 0 aliphatic rings. The number of amides is 2. The van der Waals surface area contributed by atoms with Gasteiger partial charge >= 0.3 is 0 Å². The second-order valence-electron chi connectivity index (χ2n) is 10.4. The maximum Gasteiger partial charge on any atom is 0.254 e. The van der Waals surface area contributed by atoms with Gasteiger partial charge in [-0.1, -0.05) is 63.2 Å². The zero-order valence-corrected chi connectivity index (χ0v) is 23.4. The third-order valence-corrected chi connectivity index (χ3v) is 7.02. The van der Waals surface area contributed by atoms with E-state index in [4.69, 9.17) is 4.74 Å². The van der Waals surface area contributed by atoms with Gasteiger partial charge in [0.2, 0.25) is 5.91 Å². The van der Waals surface area contributed by atoms with E-state index in [1.54, 1.807) is 12.0 Å². The number of H-pyrrole nitrogens is 1. The molecular weight excluding hydrogens is 486 g/mol. The number of aromatic nitrogens is 1. The molecule has 2 amide bonds. The lowest BCUT2D eigenvalue weighted by Gasteiger charge is -2.29. The number of fused-ring (bicyclic) bond motifs is 1. The number of nitrogens with zero attached hydrogens (tertiary/aromatic N) is 2. The molecule has 6 heteroatoms. The first kappa shape index (κ1) is 28.0. The van der Waals surface area contributed by atoms with Crippen LogP contribution in [-0.2, 0) is 24.2 Å². The number of methoxy groups -OCH3 is 1. The highest BCUT2D eigenvalue weighted by Gasteiger charge is 2.24. The van der Waals surface area contributed by atoms with Gasteiger partial charge in [0.05, 0.1) is 7.11 Å². The second kappa shape index (κ2) is 13.1. The van der Waals surface area contributed by atoms with Crippen molar-refractivity contribution in [3.05, 3.63) is 101 Å². The first-order valence-corrected chi connectivity index (χ1v) is 13.7. The maximum atomic E-state index is 13.8. The average molecular weight is 526 g/mol. The predicted molar refractivity (Wildman–Crippen MR) is 157 cm³/mol. The van der Waals surface area contributed by atoms with Gasteiger partial charge in [0.15, 0.2) is 0 Å². The van der Waals surface area contributed by atoms with Crippen LogP contribution in [0.3, 0.4) is 0 Å². The van der Waals surface area contributed by atoms with E-state index in [1.165, 1.54) is 16.5 Å². The van der Waals surface area contributed by atoms with Crippen LogP contribution in [0.4, 0.5) is 0 Å². The standard InChI is InChI=1S/C33H39N3O3/c1-5-25-10-14-27(15-11-25)33(38)36(21-24(2)3)23-32(37)35(22-26-12-16-29(39-4)17-13-26)19-18-28-20-34-31-9-7-6-8-30(28)31/h6-17,20,24,34H,5,18-19,21-23H2,1-4H3. The van der Waals surface area contributed by atoms with Gasteiger partial charge < -0.3 is 19.5 Å². The molecule has 0 aliphatic carbocycles. The summed E-state index contributed by atoms with van der Waals surface area (Å²) in [4.78, 5) is 34.2. The number of rotatable bonds is 12. The summed E-state index contributed by atoms with van der Waals surface area (Å²) in [6, 6.07) is 23.7. The number of para-hydroxylation sites is 1. The number of nitrogens with one attached hydrogen (secondary N) is 1. The number of benzene rings is 3. The van der Waals surface area contributed by atoms with Crippen molar-refractivity contribution in [3.8, 4) is 5.75 Å². The van der Waals surface area contributed by atoms with Crippen molar-refractivity contribution < 1.29 is 14.3 Å². The molecule has 0 atom stereocenters. The fraction of sp³-hybridized carbons (Fsp3) is 0.333. The van der Waals surface area contributed by atoms with Crippen molar-refractivity contribution in [1.29, 1.82) is 0 Å². The van der Waals surface area contributed by atoms with Crippen molar-refractivity contribution in [2.75, 3.05) is 26.7 Å². The topological polar surface area (TPSA) is 65.6 Å².